The van der Waals surface area contributed by atoms with E-state index in [0.717, 1.165) is 22.7 Å². The molecular formula is C55H40N2. The first-order valence-electron chi connectivity index (χ1n) is 19.9. The van der Waals surface area contributed by atoms with Gasteiger partial charge in [-0.05, 0) is 98.2 Å². The summed E-state index contributed by atoms with van der Waals surface area (Å²) in [4.78, 5) is 2.46. The average Bonchev–Trinajstić information content (AvgIpc) is 3.73. The number of hydrogen-bond acceptors (Lipinski definition) is 1. The second-order valence-corrected chi connectivity index (χ2v) is 15.7. The molecule has 0 saturated carbocycles. The van der Waals surface area contributed by atoms with Gasteiger partial charge in [0.25, 0.3) is 0 Å². The molecule has 0 bridgehead atoms. The first kappa shape index (κ1) is 33.2. The number of hydrogen-bond donors (Lipinski definition) is 0. The van der Waals surface area contributed by atoms with E-state index in [0.29, 0.717) is 0 Å². The highest BCUT2D eigenvalue weighted by Gasteiger charge is 2.36. The minimum Gasteiger partial charge on any atom is -0.310 e. The van der Waals surface area contributed by atoms with Crippen LogP contribution in [0.2, 0.25) is 0 Å². The summed E-state index contributed by atoms with van der Waals surface area (Å²) in [7, 11) is 0. The Labute approximate surface area is 333 Å². The fraction of sp³-hybridized carbons (Fsp3) is 0.0545. The zero-order valence-corrected chi connectivity index (χ0v) is 32.0. The molecule has 0 spiro atoms. The van der Waals surface area contributed by atoms with Crippen LogP contribution in [0.5, 0.6) is 0 Å². The molecule has 57 heavy (non-hydrogen) atoms. The third-order valence-electron chi connectivity index (χ3n) is 12.2. The Balaban J connectivity index is 1.17. The number of anilines is 3. The molecule has 0 unspecified atom stereocenters. The van der Waals surface area contributed by atoms with Gasteiger partial charge in [0.05, 0.1) is 16.7 Å². The maximum absolute atomic E-state index is 2.47. The Kier molecular flexibility index (Phi) is 7.55. The van der Waals surface area contributed by atoms with Crippen molar-refractivity contribution in [3.8, 4) is 39.1 Å². The highest BCUT2D eigenvalue weighted by molar-refractivity contribution is 6.25. The minimum absolute atomic E-state index is 0.128. The van der Waals surface area contributed by atoms with E-state index in [9.17, 15) is 0 Å². The first-order chi connectivity index (χ1) is 28.1. The van der Waals surface area contributed by atoms with Crippen molar-refractivity contribution in [1.29, 1.82) is 0 Å². The summed E-state index contributed by atoms with van der Waals surface area (Å²) in [5, 5.41) is 5.05. The second-order valence-electron chi connectivity index (χ2n) is 15.7. The van der Waals surface area contributed by atoms with Crippen LogP contribution in [0.25, 0.3) is 71.6 Å². The summed E-state index contributed by atoms with van der Waals surface area (Å²) in [5.41, 5.74) is 16.9. The molecule has 1 aliphatic rings. The van der Waals surface area contributed by atoms with Gasteiger partial charge in [0.1, 0.15) is 0 Å². The summed E-state index contributed by atoms with van der Waals surface area (Å²) in [6.45, 7) is 4.72. The molecule has 0 atom stereocenters. The van der Waals surface area contributed by atoms with Crippen LogP contribution in [-0.4, -0.2) is 4.57 Å². The van der Waals surface area contributed by atoms with E-state index < -0.39 is 0 Å². The molecule has 0 amide bonds. The Bertz CT molecular complexity index is 3150. The van der Waals surface area contributed by atoms with E-state index in [1.54, 1.807) is 0 Å². The van der Waals surface area contributed by atoms with Crippen molar-refractivity contribution in [3.63, 3.8) is 0 Å². The molecule has 9 aromatic carbocycles. The molecule has 2 heteroatoms. The number of aromatic nitrogens is 1. The van der Waals surface area contributed by atoms with E-state index in [1.807, 2.05) is 0 Å². The highest BCUT2D eigenvalue weighted by Crippen LogP contribution is 2.51. The second kappa shape index (κ2) is 13.0. The number of para-hydroxylation sites is 1. The topological polar surface area (TPSA) is 8.17 Å². The van der Waals surface area contributed by atoms with Gasteiger partial charge in [-0.1, -0.05) is 172 Å². The summed E-state index contributed by atoms with van der Waals surface area (Å²) in [6.07, 6.45) is 0. The number of fused-ring (bicyclic) bond motifs is 8. The number of nitrogens with zero attached hydrogens (tertiary/aromatic N) is 2. The van der Waals surface area contributed by atoms with E-state index in [-0.39, 0.29) is 5.41 Å². The Morgan fingerprint density at radius 1 is 0.404 bits per heavy atom. The van der Waals surface area contributed by atoms with Gasteiger partial charge in [0, 0.05) is 38.8 Å². The fourth-order valence-corrected chi connectivity index (χ4v) is 9.52. The summed E-state index contributed by atoms with van der Waals surface area (Å²) in [5.74, 6) is 0. The molecule has 0 radical (unpaired) electrons. The zero-order valence-electron chi connectivity index (χ0n) is 32.0. The summed E-state index contributed by atoms with van der Waals surface area (Å²) >= 11 is 0. The molecule has 11 rings (SSSR count). The van der Waals surface area contributed by atoms with Crippen molar-refractivity contribution in [2.45, 2.75) is 19.3 Å². The van der Waals surface area contributed by atoms with Gasteiger partial charge in [-0.3, -0.25) is 0 Å². The predicted octanol–water partition coefficient (Wildman–Crippen LogP) is 15.0. The van der Waals surface area contributed by atoms with Crippen LogP contribution in [0.4, 0.5) is 17.1 Å². The van der Waals surface area contributed by atoms with Crippen molar-refractivity contribution < 1.29 is 0 Å². The summed E-state index contributed by atoms with van der Waals surface area (Å²) < 4.78 is 2.47. The number of benzene rings is 9. The van der Waals surface area contributed by atoms with Gasteiger partial charge >= 0.3 is 0 Å². The molecule has 0 N–H and O–H groups in total. The van der Waals surface area contributed by atoms with Gasteiger partial charge in [0.2, 0.25) is 0 Å². The zero-order chi connectivity index (χ0) is 38.1. The lowest BCUT2D eigenvalue weighted by Crippen LogP contribution is -2.17. The third kappa shape index (κ3) is 5.18. The maximum atomic E-state index is 2.47. The van der Waals surface area contributed by atoms with Crippen LogP contribution in [-0.2, 0) is 5.41 Å². The minimum atomic E-state index is -0.128. The standard InChI is InChI=1S/C55H40N2/c1-55(2)48-28-13-11-26-46(48)47-33-32-42(36-49(47)55)56(50-29-14-12-24-43(50)37-17-5-3-6-18-37)40-22-15-23-41(35-40)57-51-30-16-27-45(38-19-7-4-8-20-38)53(51)54-44-25-10-9-21-39(44)31-34-52(54)57/h3-36H,1-2H3. The average molecular weight is 729 g/mol. The van der Waals surface area contributed by atoms with Gasteiger partial charge in [-0.2, -0.15) is 0 Å². The molecule has 0 saturated heterocycles. The van der Waals surface area contributed by atoms with Gasteiger partial charge in [-0.15, -0.1) is 0 Å². The number of rotatable bonds is 6. The van der Waals surface area contributed by atoms with Crippen molar-refractivity contribution in [3.05, 3.63) is 217 Å². The lowest BCUT2D eigenvalue weighted by atomic mass is 9.82. The molecule has 1 aliphatic carbocycles. The van der Waals surface area contributed by atoms with Crippen LogP contribution in [0.1, 0.15) is 25.0 Å². The van der Waals surface area contributed by atoms with E-state index >= 15 is 0 Å². The molecule has 1 aromatic heterocycles. The van der Waals surface area contributed by atoms with Gasteiger partial charge < -0.3 is 9.47 Å². The van der Waals surface area contributed by atoms with Gasteiger partial charge in [0.15, 0.2) is 0 Å². The largest absolute Gasteiger partial charge is 0.310 e. The Hall–Kier alpha value is -7.16. The molecule has 10 aromatic rings. The van der Waals surface area contributed by atoms with Crippen LogP contribution in [0.15, 0.2) is 206 Å². The van der Waals surface area contributed by atoms with Crippen molar-refractivity contribution in [2.24, 2.45) is 0 Å². The van der Waals surface area contributed by atoms with E-state index in [1.165, 1.54) is 77.1 Å². The fourth-order valence-electron chi connectivity index (χ4n) is 9.52. The van der Waals surface area contributed by atoms with Crippen LogP contribution in [0, 0.1) is 0 Å². The monoisotopic (exact) mass is 728 g/mol. The van der Waals surface area contributed by atoms with Crippen molar-refractivity contribution in [1.82, 2.24) is 4.57 Å². The molecule has 2 nitrogen and oxygen atoms in total. The molecule has 1 heterocycles. The SMILES string of the molecule is CC1(C)c2ccccc2-c2ccc(N(c3cccc(-n4c5cccc(-c6ccccc6)c5c5c6ccccc6ccc54)c3)c3ccccc3-c3ccccc3)cc21. The molecule has 0 aliphatic heterocycles. The summed E-state index contributed by atoms with van der Waals surface area (Å²) in [6, 6.07) is 75.6. The van der Waals surface area contributed by atoms with Crippen LogP contribution in [0.3, 0.4) is 0 Å². The normalized spacial score (nSPS) is 12.9. The lowest BCUT2D eigenvalue weighted by Gasteiger charge is -2.30. The third-order valence-corrected chi connectivity index (χ3v) is 12.2. The quantitative estimate of drug-likeness (QED) is 0.165. The lowest BCUT2D eigenvalue weighted by molar-refractivity contribution is 0.660. The molecule has 0 fully saturated rings. The van der Waals surface area contributed by atoms with Gasteiger partial charge in [-0.25, -0.2) is 0 Å². The van der Waals surface area contributed by atoms with E-state index in [2.05, 4.69) is 230 Å². The van der Waals surface area contributed by atoms with E-state index in [4.69, 9.17) is 0 Å². The van der Waals surface area contributed by atoms with Crippen molar-refractivity contribution in [2.75, 3.05) is 4.90 Å². The molecular weight excluding hydrogens is 689 g/mol. The van der Waals surface area contributed by atoms with Crippen LogP contribution >= 0.6 is 0 Å². The van der Waals surface area contributed by atoms with Crippen LogP contribution < -0.4 is 4.90 Å². The smallest absolute Gasteiger partial charge is 0.0547 e. The highest BCUT2D eigenvalue weighted by atomic mass is 15.1. The maximum Gasteiger partial charge on any atom is 0.0547 e. The Morgan fingerprint density at radius 2 is 1.02 bits per heavy atom. The Morgan fingerprint density at radius 3 is 1.84 bits per heavy atom. The van der Waals surface area contributed by atoms with Crippen molar-refractivity contribution >= 4 is 49.6 Å². The first-order valence-corrected chi connectivity index (χ1v) is 19.9. The predicted molar refractivity (Wildman–Crippen MR) is 241 cm³/mol. The molecule has 270 valence electrons.